The standard InChI is InChI=1S/C11H15FO2S/c1-9(2)6-7-15(13,14)11-5-3-4-10(12)8-11/h3-5,8-9H,6-7H2,1-2H3. The van der Waals surface area contributed by atoms with Crippen LogP contribution in [-0.2, 0) is 9.84 Å². The van der Waals surface area contributed by atoms with Crippen molar-refractivity contribution in [3.05, 3.63) is 30.1 Å². The van der Waals surface area contributed by atoms with Crippen LogP contribution in [0.4, 0.5) is 4.39 Å². The second-order valence-corrected chi connectivity index (χ2v) is 6.07. The van der Waals surface area contributed by atoms with Crippen LogP contribution in [0.3, 0.4) is 0 Å². The van der Waals surface area contributed by atoms with Crippen molar-refractivity contribution in [3.8, 4) is 0 Å². The first kappa shape index (κ1) is 12.2. The number of hydrogen-bond donors (Lipinski definition) is 0. The lowest BCUT2D eigenvalue weighted by Crippen LogP contribution is -2.09. The second kappa shape index (κ2) is 4.75. The van der Waals surface area contributed by atoms with E-state index in [1.807, 2.05) is 13.8 Å². The fraction of sp³-hybridized carbons (Fsp3) is 0.455. The van der Waals surface area contributed by atoms with Gasteiger partial charge < -0.3 is 0 Å². The van der Waals surface area contributed by atoms with Crippen LogP contribution in [0.2, 0.25) is 0 Å². The summed E-state index contributed by atoms with van der Waals surface area (Å²) in [6.07, 6.45) is 0.596. The van der Waals surface area contributed by atoms with Crippen LogP contribution >= 0.6 is 0 Å². The summed E-state index contributed by atoms with van der Waals surface area (Å²) in [5, 5.41) is 0. The van der Waals surface area contributed by atoms with E-state index >= 15 is 0 Å². The van der Waals surface area contributed by atoms with Gasteiger partial charge in [0, 0.05) is 0 Å². The number of rotatable bonds is 4. The number of halogens is 1. The predicted octanol–water partition coefficient (Wildman–Crippen LogP) is 2.65. The van der Waals surface area contributed by atoms with Gasteiger partial charge in [0.25, 0.3) is 0 Å². The van der Waals surface area contributed by atoms with Crippen molar-refractivity contribution in [3.63, 3.8) is 0 Å². The third kappa shape index (κ3) is 3.63. The van der Waals surface area contributed by atoms with E-state index in [1.54, 1.807) is 0 Å². The van der Waals surface area contributed by atoms with Crippen LogP contribution in [-0.4, -0.2) is 14.2 Å². The SMILES string of the molecule is CC(C)CCS(=O)(=O)c1cccc(F)c1. The molecule has 2 nitrogen and oxygen atoms in total. The summed E-state index contributed by atoms with van der Waals surface area (Å²) in [5.41, 5.74) is 0. The van der Waals surface area contributed by atoms with E-state index < -0.39 is 15.7 Å². The molecule has 0 radical (unpaired) electrons. The highest BCUT2D eigenvalue weighted by Crippen LogP contribution is 2.15. The maximum atomic E-state index is 12.8. The maximum Gasteiger partial charge on any atom is 0.178 e. The third-order valence-corrected chi connectivity index (χ3v) is 3.86. The lowest BCUT2D eigenvalue weighted by atomic mass is 10.2. The highest BCUT2D eigenvalue weighted by molar-refractivity contribution is 7.91. The minimum atomic E-state index is -3.32. The van der Waals surface area contributed by atoms with E-state index in [0.717, 1.165) is 6.07 Å². The molecule has 0 unspecified atom stereocenters. The van der Waals surface area contributed by atoms with Gasteiger partial charge >= 0.3 is 0 Å². The summed E-state index contributed by atoms with van der Waals surface area (Å²) in [4.78, 5) is 0.0724. The molecule has 0 bridgehead atoms. The summed E-state index contributed by atoms with van der Waals surface area (Å²) in [5.74, 6) is -0.109. The molecule has 0 aliphatic rings. The highest BCUT2D eigenvalue weighted by atomic mass is 32.2. The highest BCUT2D eigenvalue weighted by Gasteiger charge is 2.15. The predicted molar refractivity (Wildman–Crippen MR) is 57.9 cm³/mol. The molecule has 0 heterocycles. The molecular weight excluding hydrogens is 215 g/mol. The van der Waals surface area contributed by atoms with E-state index in [-0.39, 0.29) is 10.6 Å². The van der Waals surface area contributed by atoms with Crippen molar-refractivity contribution in [2.45, 2.75) is 25.2 Å². The quantitative estimate of drug-likeness (QED) is 0.796. The van der Waals surface area contributed by atoms with Gasteiger partial charge in [-0.1, -0.05) is 19.9 Å². The summed E-state index contributed by atoms with van der Waals surface area (Å²) < 4.78 is 36.3. The zero-order valence-electron chi connectivity index (χ0n) is 8.90. The minimum Gasteiger partial charge on any atom is -0.224 e. The molecule has 0 aliphatic heterocycles. The molecule has 15 heavy (non-hydrogen) atoms. The Morgan fingerprint density at radius 3 is 2.53 bits per heavy atom. The molecule has 0 atom stereocenters. The topological polar surface area (TPSA) is 34.1 Å². The molecule has 1 rings (SSSR count). The fourth-order valence-electron chi connectivity index (χ4n) is 1.17. The number of benzene rings is 1. The van der Waals surface area contributed by atoms with Crippen molar-refractivity contribution < 1.29 is 12.8 Å². The Morgan fingerprint density at radius 2 is 2.00 bits per heavy atom. The molecule has 0 aromatic heterocycles. The average Bonchev–Trinajstić information content (AvgIpc) is 2.15. The minimum absolute atomic E-state index is 0.0724. The van der Waals surface area contributed by atoms with E-state index in [1.165, 1.54) is 18.2 Å². The Kier molecular flexibility index (Phi) is 3.85. The zero-order chi connectivity index (χ0) is 11.5. The lowest BCUT2D eigenvalue weighted by molar-refractivity contribution is 0.571. The van der Waals surface area contributed by atoms with Crippen LogP contribution in [0.15, 0.2) is 29.2 Å². The molecule has 1 aromatic rings. The van der Waals surface area contributed by atoms with Crippen molar-refractivity contribution in [2.24, 2.45) is 5.92 Å². The van der Waals surface area contributed by atoms with Crippen LogP contribution in [0.5, 0.6) is 0 Å². The first-order valence-corrected chi connectivity index (χ1v) is 6.55. The molecule has 84 valence electrons. The van der Waals surface area contributed by atoms with E-state index in [0.29, 0.717) is 12.3 Å². The molecule has 0 fully saturated rings. The summed E-state index contributed by atoms with van der Waals surface area (Å²) in [6.45, 7) is 3.92. The van der Waals surface area contributed by atoms with E-state index in [2.05, 4.69) is 0 Å². The van der Waals surface area contributed by atoms with Gasteiger partial charge in [0.15, 0.2) is 9.84 Å². The van der Waals surface area contributed by atoms with Gasteiger partial charge in [-0.2, -0.15) is 0 Å². The number of hydrogen-bond acceptors (Lipinski definition) is 2. The van der Waals surface area contributed by atoms with Gasteiger partial charge in [0.2, 0.25) is 0 Å². The van der Waals surface area contributed by atoms with Gasteiger partial charge in [0.05, 0.1) is 10.6 Å². The van der Waals surface area contributed by atoms with Crippen molar-refractivity contribution in [1.29, 1.82) is 0 Å². The van der Waals surface area contributed by atoms with Gasteiger partial charge in [-0.15, -0.1) is 0 Å². The smallest absolute Gasteiger partial charge is 0.178 e. The molecule has 0 saturated heterocycles. The molecular formula is C11H15FO2S. The first-order valence-electron chi connectivity index (χ1n) is 4.90. The Hall–Kier alpha value is -0.900. The van der Waals surface area contributed by atoms with E-state index in [9.17, 15) is 12.8 Å². The van der Waals surface area contributed by atoms with Crippen molar-refractivity contribution >= 4 is 9.84 Å². The van der Waals surface area contributed by atoms with E-state index in [4.69, 9.17) is 0 Å². The van der Waals surface area contributed by atoms with Gasteiger partial charge in [0.1, 0.15) is 5.82 Å². The Balaban J connectivity index is 2.87. The normalized spacial score (nSPS) is 12.0. The molecule has 4 heteroatoms. The van der Waals surface area contributed by atoms with Gasteiger partial charge in [-0.25, -0.2) is 12.8 Å². The van der Waals surface area contributed by atoms with Crippen LogP contribution in [0, 0.1) is 11.7 Å². The summed E-state index contributed by atoms with van der Waals surface area (Å²) in [6, 6.07) is 5.15. The Morgan fingerprint density at radius 1 is 1.33 bits per heavy atom. The maximum absolute atomic E-state index is 12.8. The van der Waals surface area contributed by atoms with Crippen LogP contribution in [0.1, 0.15) is 20.3 Å². The fourth-order valence-corrected chi connectivity index (χ4v) is 2.76. The molecule has 0 aliphatic carbocycles. The Bertz CT molecular complexity index is 424. The lowest BCUT2D eigenvalue weighted by Gasteiger charge is -2.06. The van der Waals surface area contributed by atoms with Crippen molar-refractivity contribution in [1.82, 2.24) is 0 Å². The zero-order valence-corrected chi connectivity index (χ0v) is 9.72. The Labute approximate surface area is 90.0 Å². The van der Waals surface area contributed by atoms with Gasteiger partial charge in [-0.3, -0.25) is 0 Å². The second-order valence-electron chi connectivity index (χ2n) is 3.96. The third-order valence-electron chi connectivity index (χ3n) is 2.12. The largest absolute Gasteiger partial charge is 0.224 e. The first-order chi connectivity index (χ1) is 6.92. The average molecular weight is 230 g/mol. The monoisotopic (exact) mass is 230 g/mol. The molecule has 0 saturated carbocycles. The van der Waals surface area contributed by atoms with Crippen LogP contribution < -0.4 is 0 Å². The molecule has 0 N–H and O–H groups in total. The number of sulfone groups is 1. The molecule has 1 aromatic carbocycles. The van der Waals surface area contributed by atoms with Gasteiger partial charge in [-0.05, 0) is 30.5 Å². The summed E-state index contributed by atoms with van der Waals surface area (Å²) in [7, 11) is -3.32. The van der Waals surface area contributed by atoms with Crippen molar-refractivity contribution in [2.75, 3.05) is 5.75 Å². The molecule has 0 spiro atoms. The molecule has 0 amide bonds. The van der Waals surface area contributed by atoms with Crippen LogP contribution in [0.25, 0.3) is 0 Å². The summed E-state index contributed by atoms with van der Waals surface area (Å²) >= 11 is 0.